The van der Waals surface area contributed by atoms with Crippen LogP contribution < -0.4 is 0 Å². The van der Waals surface area contributed by atoms with Crippen molar-refractivity contribution in [3.63, 3.8) is 0 Å². The molecule has 1 aromatic carbocycles. The van der Waals surface area contributed by atoms with Gasteiger partial charge in [-0.15, -0.1) is 0 Å². The summed E-state index contributed by atoms with van der Waals surface area (Å²) in [4.78, 5) is 0. The lowest BCUT2D eigenvalue weighted by Gasteiger charge is -2.19. The van der Waals surface area contributed by atoms with Crippen molar-refractivity contribution >= 4 is 68.3 Å². The van der Waals surface area contributed by atoms with E-state index >= 15 is 0 Å². The van der Waals surface area contributed by atoms with E-state index in [1.54, 1.807) is 16.7 Å². The number of aliphatic hydroxyl groups excluding tert-OH is 3. The lowest BCUT2D eigenvalue weighted by molar-refractivity contribution is -0.0505. The summed E-state index contributed by atoms with van der Waals surface area (Å²) in [5, 5.41) is 31.2. The van der Waals surface area contributed by atoms with Crippen LogP contribution in [0.15, 0.2) is 12.1 Å². The van der Waals surface area contributed by atoms with E-state index in [2.05, 4.69) is 22.6 Å². The predicted octanol–water partition coefficient (Wildman–Crippen LogP) is 2.82. The molecule has 1 aliphatic heterocycles. The minimum Gasteiger partial charge on any atom is -0.394 e. The number of nitrogens with zero attached hydrogens (tertiary/aromatic N) is 1. The molecule has 120 valence electrons. The number of aliphatic hydroxyl groups is 3. The molecule has 0 spiro atoms. The van der Waals surface area contributed by atoms with Crippen LogP contribution in [-0.2, 0) is 4.74 Å². The monoisotopic (exact) mass is 477 g/mol. The van der Waals surface area contributed by atoms with Crippen molar-refractivity contribution in [1.29, 1.82) is 0 Å². The van der Waals surface area contributed by atoms with Crippen LogP contribution in [0.5, 0.6) is 0 Å². The van der Waals surface area contributed by atoms with Crippen molar-refractivity contribution in [1.82, 2.24) is 4.57 Å². The fraction of sp³-hybridized carbons (Fsp3) is 0.385. The van der Waals surface area contributed by atoms with Gasteiger partial charge in [0, 0.05) is 5.39 Å². The van der Waals surface area contributed by atoms with E-state index in [9.17, 15) is 15.3 Å². The number of aromatic nitrogens is 1. The summed E-state index contributed by atoms with van der Waals surface area (Å²) in [6.07, 6.45) is -4.24. The quantitative estimate of drug-likeness (QED) is 0.581. The van der Waals surface area contributed by atoms with Gasteiger partial charge in [0.1, 0.15) is 23.5 Å². The Balaban J connectivity index is 2.19. The predicted molar refractivity (Wildman–Crippen MR) is 92.7 cm³/mol. The maximum absolute atomic E-state index is 10.2. The summed E-state index contributed by atoms with van der Waals surface area (Å²) >= 11 is 20.5. The third-order valence-electron chi connectivity index (χ3n) is 3.70. The highest BCUT2D eigenvalue weighted by atomic mass is 127. The van der Waals surface area contributed by atoms with Gasteiger partial charge >= 0.3 is 0 Å². The molecule has 0 saturated carbocycles. The molecule has 1 fully saturated rings. The number of halogens is 4. The first-order chi connectivity index (χ1) is 10.4. The van der Waals surface area contributed by atoms with E-state index in [0.29, 0.717) is 20.7 Å². The molecule has 9 heteroatoms. The molecule has 1 aromatic heterocycles. The maximum Gasteiger partial charge on any atom is 0.164 e. The molecule has 0 amide bonds. The van der Waals surface area contributed by atoms with Gasteiger partial charge in [-0.3, -0.25) is 0 Å². The zero-order valence-electron chi connectivity index (χ0n) is 10.9. The van der Waals surface area contributed by atoms with Crippen molar-refractivity contribution in [3.8, 4) is 0 Å². The van der Waals surface area contributed by atoms with Gasteiger partial charge in [0.25, 0.3) is 0 Å². The first-order valence-corrected chi connectivity index (χ1v) is 8.54. The molecule has 3 N–H and O–H groups in total. The molecule has 1 aliphatic rings. The van der Waals surface area contributed by atoms with Gasteiger partial charge in [-0.25, -0.2) is 0 Å². The molecular formula is C13H11Cl3INO4. The van der Waals surface area contributed by atoms with Crippen LogP contribution >= 0.6 is 57.4 Å². The Bertz CT molecular complexity index is 738. The number of benzene rings is 1. The molecule has 2 heterocycles. The van der Waals surface area contributed by atoms with E-state index in [1.807, 2.05) is 0 Å². The second kappa shape index (κ2) is 6.25. The van der Waals surface area contributed by atoms with Gasteiger partial charge < -0.3 is 24.6 Å². The average molecular weight is 478 g/mol. The highest BCUT2D eigenvalue weighted by Gasteiger charge is 2.44. The molecule has 3 rings (SSSR count). The normalized spacial score (nSPS) is 28.7. The first-order valence-electron chi connectivity index (χ1n) is 6.33. The number of rotatable bonds is 2. The van der Waals surface area contributed by atoms with E-state index in [4.69, 9.17) is 39.5 Å². The van der Waals surface area contributed by atoms with E-state index in [1.165, 1.54) is 0 Å². The Morgan fingerprint density at radius 2 is 1.77 bits per heavy atom. The van der Waals surface area contributed by atoms with Crippen LogP contribution in [0.3, 0.4) is 0 Å². The van der Waals surface area contributed by atoms with Gasteiger partial charge in [0.15, 0.2) is 6.23 Å². The van der Waals surface area contributed by atoms with Crippen LogP contribution in [0.2, 0.25) is 15.2 Å². The Kier molecular flexibility index (Phi) is 4.84. The Morgan fingerprint density at radius 1 is 1.14 bits per heavy atom. The zero-order chi connectivity index (χ0) is 16.2. The lowest BCUT2D eigenvalue weighted by Crippen LogP contribution is -2.33. The Labute approximate surface area is 154 Å². The van der Waals surface area contributed by atoms with E-state index < -0.39 is 31.1 Å². The van der Waals surface area contributed by atoms with Gasteiger partial charge in [-0.2, -0.15) is 0 Å². The van der Waals surface area contributed by atoms with E-state index in [0.717, 1.165) is 8.96 Å². The summed E-state index contributed by atoms with van der Waals surface area (Å²) in [6, 6.07) is 3.31. The second-order valence-corrected chi connectivity index (χ2v) is 7.24. The summed E-state index contributed by atoms with van der Waals surface area (Å²) in [7, 11) is 0. The van der Waals surface area contributed by atoms with Crippen molar-refractivity contribution in [2.24, 2.45) is 0 Å². The smallest absolute Gasteiger partial charge is 0.164 e. The number of ether oxygens (including phenoxy) is 1. The SMILES string of the molecule is OC[C@H]1O[C@@H](n2c(Cl)c(I)c3cc(Cl)c(Cl)cc32)C(O)C1O. The molecule has 2 unspecified atom stereocenters. The molecule has 1 saturated heterocycles. The molecule has 22 heavy (non-hydrogen) atoms. The highest BCUT2D eigenvalue weighted by Crippen LogP contribution is 2.41. The van der Waals surface area contributed by atoms with Gasteiger partial charge in [0.05, 0.1) is 25.7 Å². The Morgan fingerprint density at radius 3 is 2.36 bits per heavy atom. The topological polar surface area (TPSA) is 74.9 Å². The molecular weight excluding hydrogens is 467 g/mol. The van der Waals surface area contributed by atoms with E-state index in [-0.39, 0.29) is 0 Å². The number of fused-ring (bicyclic) bond motifs is 1. The maximum atomic E-state index is 10.2. The highest BCUT2D eigenvalue weighted by molar-refractivity contribution is 14.1. The van der Waals surface area contributed by atoms with Crippen LogP contribution in [0, 0.1) is 3.57 Å². The molecule has 0 bridgehead atoms. The largest absolute Gasteiger partial charge is 0.394 e. The number of hydrogen-bond donors (Lipinski definition) is 3. The van der Waals surface area contributed by atoms with Crippen LogP contribution in [0.1, 0.15) is 6.23 Å². The summed E-state index contributed by atoms with van der Waals surface area (Å²) in [6.45, 7) is -0.408. The fourth-order valence-electron chi connectivity index (χ4n) is 2.58. The molecule has 0 radical (unpaired) electrons. The second-order valence-electron chi connectivity index (χ2n) is 4.99. The molecule has 4 atom stereocenters. The molecule has 2 aromatic rings. The van der Waals surface area contributed by atoms with Gasteiger partial charge in [-0.1, -0.05) is 34.8 Å². The zero-order valence-corrected chi connectivity index (χ0v) is 15.3. The van der Waals surface area contributed by atoms with Crippen molar-refractivity contribution in [3.05, 3.63) is 30.9 Å². The fourth-order valence-corrected chi connectivity index (χ4v) is 3.88. The van der Waals surface area contributed by atoms with Crippen molar-refractivity contribution in [2.75, 3.05) is 6.61 Å². The summed E-state index contributed by atoms with van der Waals surface area (Å²) < 4.78 is 7.82. The third-order valence-corrected chi connectivity index (χ3v) is 6.20. The molecule has 0 aliphatic carbocycles. The first kappa shape index (κ1) is 17.0. The van der Waals surface area contributed by atoms with Crippen molar-refractivity contribution in [2.45, 2.75) is 24.5 Å². The molecule has 5 nitrogen and oxygen atoms in total. The van der Waals surface area contributed by atoms with Crippen molar-refractivity contribution < 1.29 is 20.1 Å². The number of hydrogen-bond acceptors (Lipinski definition) is 4. The van der Waals surface area contributed by atoms with Gasteiger partial charge in [-0.05, 0) is 34.7 Å². The van der Waals surface area contributed by atoms with Crippen LogP contribution in [0.4, 0.5) is 0 Å². The third kappa shape index (κ3) is 2.53. The summed E-state index contributed by atoms with van der Waals surface area (Å²) in [5.74, 6) is 0. The lowest BCUT2D eigenvalue weighted by atomic mass is 10.1. The van der Waals surface area contributed by atoms with Crippen LogP contribution in [-0.4, -0.2) is 44.8 Å². The standard InChI is InChI=1S/C13H11Cl3INO4/c14-5-1-4-7(2-6(5)15)18(12(16)9(4)17)13-11(21)10(20)8(3-19)22-13/h1-2,8,10-11,13,19-21H,3H2/t8-,10?,11?,13-/m1/s1. The minimum absolute atomic E-state index is 0.337. The minimum atomic E-state index is -1.23. The Hall–Kier alpha value is 0.200. The average Bonchev–Trinajstić information content (AvgIpc) is 2.89. The summed E-state index contributed by atoms with van der Waals surface area (Å²) in [5.41, 5.74) is 0.624. The van der Waals surface area contributed by atoms with Crippen LogP contribution in [0.25, 0.3) is 10.9 Å². The van der Waals surface area contributed by atoms with Gasteiger partial charge in [0.2, 0.25) is 0 Å².